The summed E-state index contributed by atoms with van der Waals surface area (Å²) in [5, 5.41) is 0.386. The number of halogens is 4. The summed E-state index contributed by atoms with van der Waals surface area (Å²) in [6.45, 7) is 0. The Morgan fingerprint density at radius 1 is 1.21 bits per heavy atom. The van der Waals surface area contributed by atoms with Crippen LogP contribution in [0.25, 0.3) is 0 Å². The molecule has 1 nitrogen and oxygen atoms in total. The van der Waals surface area contributed by atoms with Crippen LogP contribution in [0.15, 0.2) is 40.9 Å². The fourth-order valence-electron chi connectivity index (χ4n) is 1.73. The Morgan fingerprint density at radius 3 is 2.53 bits per heavy atom. The lowest BCUT2D eigenvalue weighted by molar-refractivity contribution is 0.412. The van der Waals surface area contributed by atoms with E-state index in [0.29, 0.717) is 10.6 Å². The highest BCUT2D eigenvalue weighted by atomic mass is 79.9. The smallest absolute Gasteiger partial charge is 0.133 e. The second-order valence-corrected chi connectivity index (χ2v) is 6.13. The van der Waals surface area contributed by atoms with E-state index in [1.807, 2.05) is 18.2 Å². The van der Waals surface area contributed by atoms with Crippen molar-refractivity contribution in [1.82, 2.24) is 0 Å². The van der Waals surface area contributed by atoms with Crippen LogP contribution in [0, 0.1) is 5.82 Å². The quantitative estimate of drug-likeness (QED) is 0.589. The van der Waals surface area contributed by atoms with E-state index in [1.165, 1.54) is 6.07 Å². The molecule has 0 bridgehead atoms. The van der Waals surface area contributed by atoms with Gasteiger partial charge in [-0.1, -0.05) is 39.7 Å². The first kappa shape index (κ1) is 14.8. The van der Waals surface area contributed by atoms with Crippen molar-refractivity contribution in [2.24, 2.45) is 0 Å². The molecule has 19 heavy (non-hydrogen) atoms. The van der Waals surface area contributed by atoms with Crippen LogP contribution < -0.4 is 4.74 Å². The Labute approximate surface area is 133 Å². The predicted octanol–water partition coefficient (Wildman–Crippen LogP) is 5.73. The SMILES string of the molecule is COc1ccc(C(Br)c2ccc(Cl)cc2F)cc1Br. The molecule has 2 rings (SSSR count). The summed E-state index contributed by atoms with van der Waals surface area (Å²) in [5.74, 6) is 0.404. The van der Waals surface area contributed by atoms with E-state index >= 15 is 0 Å². The first-order valence-electron chi connectivity index (χ1n) is 5.45. The molecule has 2 aromatic rings. The summed E-state index contributed by atoms with van der Waals surface area (Å²) in [4.78, 5) is -0.244. The van der Waals surface area contributed by atoms with E-state index in [1.54, 1.807) is 19.2 Å². The fraction of sp³-hybridized carbons (Fsp3) is 0.143. The molecule has 0 aliphatic heterocycles. The zero-order chi connectivity index (χ0) is 14.0. The summed E-state index contributed by atoms with van der Waals surface area (Å²) in [5.41, 5.74) is 1.47. The largest absolute Gasteiger partial charge is 0.496 e. The molecular weight excluding hydrogens is 398 g/mol. The zero-order valence-corrected chi connectivity index (χ0v) is 13.9. The standard InChI is InChI=1S/C14H10Br2ClFO/c1-19-13-5-2-8(6-11(13)15)14(16)10-4-3-9(17)7-12(10)18/h2-7,14H,1H3. The average Bonchev–Trinajstić information content (AvgIpc) is 2.38. The van der Waals surface area contributed by atoms with Gasteiger partial charge in [0.15, 0.2) is 0 Å². The van der Waals surface area contributed by atoms with Gasteiger partial charge in [-0.15, -0.1) is 0 Å². The summed E-state index contributed by atoms with van der Waals surface area (Å²) < 4.78 is 19.9. The van der Waals surface area contributed by atoms with Crippen LogP contribution in [0.4, 0.5) is 4.39 Å². The van der Waals surface area contributed by atoms with Crippen LogP contribution >= 0.6 is 43.5 Å². The van der Waals surface area contributed by atoms with Crippen molar-refractivity contribution in [3.05, 3.63) is 62.8 Å². The van der Waals surface area contributed by atoms with Crippen LogP contribution in [0.2, 0.25) is 5.02 Å². The van der Waals surface area contributed by atoms with Crippen molar-refractivity contribution < 1.29 is 9.13 Å². The van der Waals surface area contributed by atoms with E-state index in [9.17, 15) is 4.39 Å². The Hall–Kier alpha value is -0.580. The molecule has 0 amide bonds. The van der Waals surface area contributed by atoms with Crippen LogP contribution in [-0.4, -0.2) is 7.11 Å². The third kappa shape index (κ3) is 3.30. The molecule has 1 unspecified atom stereocenters. The molecule has 0 aromatic heterocycles. The molecule has 2 aromatic carbocycles. The van der Waals surface area contributed by atoms with Gasteiger partial charge in [0.05, 0.1) is 16.4 Å². The van der Waals surface area contributed by atoms with Crippen molar-refractivity contribution in [2.75, 3.05) is 7.11 Å². The Kier molecular flexibility index (Phi) is 4.87. The molecule has 5 heteroatoms. The summed E-state index contributed by atoms with van der Waals surface area (Å²) in [6, 6.07) is 10.3. The summed E-state index contributed by atoms with van der Waals surface area (Å²) >= 11 is 12.7. The van der Waals surface area contributed by atoms with Gasteiger partial charge in [0.2, 0.25) is 0 Å². The van der Waals surface area contributed by atoms with Gasteiger partial charge in [0.1, 0.15) is 11.6 Å². The first-order valence-corrected chi connectivity index (χ1v) is 7.54. The zero-order valence-electron chi connectivity index (χ0n) is 9.96. The number of ether oxygens (including phenoxy) is 1. The van der Waals surface area contributed by atoms with Gasteiger partial charge in [-0.3, -0.25) is 0 Å². The second-order valence-electron chi connectivity index (χ2n) is 3.92. The highest BCUT2D eigenvalue weighted by Crippen LogP contribution is 2.36. The number of rotatable bonds is 3. The van der Waals surface area contributed by atoms with E-state index in [0.717, 1.165) is 15.8 Å². The molecule has 0 saturated heterocycles. The van der Waals surface area contributed by atoms with Crippen LogP contribution in [0.1, 0.15) is 16.0 Å². The van der Waals surface area contributed by atoms with Crippen molar-refractivity contribution in [1.29, 1.82) is 0 Å². The minimum Gasteiger partial charge on any atom is -0.496 e. The third-order valence-electron chi connectivity index (χ3n) is 2.70. The number of hydrogen-bond donors (Lipinski definition) is 0. The normalized spacial score (nSPS) is 12.3. The molecule has 1 atom stereocenters. The van der Waals surface area contributed by atoms with Gasteiger partial charge < -0.3 is 4.74 Å². The lowest BCUT2D eigenvalue weighted by Gasteiger charge is -2.13. The number of benzene rings is 2. The number of alkyl halides is 1. The number of hydrogen-bond acceptors (Lipinski definition) is 1. The van der Waals surface area contributed by atoms with E-state index in [4.69, 9.17) is 16.3 Å². The van der Waals surface area contributed by atoms with Gasteiger partial charge in [-0.2, -0.15) is 0 Å². The van der Waals surface area contributed by atoms with Crippen molar-refractivity contribution in [2.45, 2.75) is 4.83 Å². The Bertz CT molecular complexity index is 604. The Balaban J connectivity index is 2.38. The van der Waals surface area contributed by atoms with Crippen molar-refractivity contribution >= 4 is 43.5 Å². The highest BCUT2D eigenvalue weighted by Gasteiger charge is 2.16. The highest BCUT2D eigenvalue weighted by molar-refractivity contribution is 9.10. The molecule has 0 aliphatic carbocycles. The maximum Gasteiger partial charge on any atom is 0.133 e. The molecule has 0 aliphatic rings. The van der Waals surface area contributed by atoms with Crippen LogP contribution in [0.5, 0.6) is 5.75 Å². The van der Waals surface area contributed by atoms with Gasteiger partial charge in [0, 0.05) is 10.6 Å². The molecule has 0 spiro atoms. The minimum atomic E-state index is -0.332. The Morgan fingerprint density at radius 2 is 1.95 bits per heavy atom. The lowest BCUT2D eigenvalue weighted by Crippen LogP contribution is -1.97. The van der Waals surface area contributed by atoms with Gasteiger partial charge in [-0.25, -0.2) is 4.39 Å². The first-order chi connectivity index (χ1) is 9.02. The molecule has 0 fully saturated rings. The van der Waals surface area contributed by atoms with Crippen molar-refractivity contribution in [3.8, 4) is 5.75 Å². The molecule has 0 saturated carbocycles. The van der Waals surface area contributed by atoms with E-state index < -0.39 is 0 Å². The minimum absolute atomic E-state index is 0.244. The molecule has 100 valence electrons. The molecule has 0 N–H and O–H groups in total. The monoisotopic (exact) mass is 406 g/mol. The third-order valence-corrected chi connectivity index (χ3v) is 4.58. The van der Waals surface area contributed by atoms with Gasteiger partial charge in [-0.05, 0) is 45.8 Å². The number of methoxy groups -OCH3 is 1. The van der Waals surface area contributed by atoms with E-state index in [-0.39, 0.29) is 10.6 Å². The fourth-order valence-corrected chi connectivity index (χ4v) is 3.10. The average molecular weight is 408 g/mol. The maximum atomic E-state index is 13.9. The van der Waals surface area contributed by atoms with Crippen LogP contribution in [0.3, 0.4) is 0 Å². The summed E-state index contributed by atoms with van der Waals surface area (Å²) in [6.07, 6.45) is 0. The van der Waals surface area contributed by atoms with Gasteiger partial charge in [0.25, 0.3) is 0 Å². The predicted molar refractivity (Wildman–Crippen MR) is 82.9 cm³/mol. The lowest BCUT2D eigenvalue weighted by atomic mass is 10.0. The van der Waals surface area contributed by atoms with Gasteiger partial charge >= 0.3 is 0 Å². The van der Waals surface area contributed by atoms with E-state index in [2.05, 4.69) is 31.9 Å². The van der Waals surface area contributed by atoms with Crippen LogP contribution in [-0.2, 0) is 0 Å². The maximum absolute atomic E-state index is 13.9. The second kappa shape index (κ2) is 6.25. The molecule has 0 radical (unpaired) electrons. The summed E-state index contributed by atoms with van der Waals surface area (Å²) in [7, 11) is 1.60. The molecule has 0 heterocycles. The van der Waals surface area contributed by atoms with Crippen molar-refractivity contribution in [3.63, 3.8) is 0 Å². The topological polar surface area (TPSA) is 9.23 Å². The molecular formula is C14H10Br2ClFO.